The Balaban J connectivity index is 1.35. The number of halogens is 2. The van der Waals surface area contributed by atoms with E-state index in [2.05, 4.69) is 10.3 Å². The van der Waals surface area contributed by atoms with E-state index in [1.165, 1.54) is 11.3 Å². The van der Waals surface area contributed by atoms with Gasteiger partial charge in [-0.25, -0.2) is 13.8 Å². The van der Waals surface area contributed by atoms with Gasteiger partial charge in [-0.05, 0) is 55.5 Å². The molecular weight excluding hydrogens is 420 g/mol. The van der Waals surface area contributed by atoms with Gasteiger partial charge in [0.2, 0.25) is 5.91 Å². The van der Waals surface area contributed by atoms with E-state index in [9.17, 15) is 18.4 Å². The predicted molar refractivity (Wildman–Crippen MR) is 115 cm³/mol. The van der Waals surface area contributed by atoms with Gasteiger partial charge in [-0.2, -0.15) is 0 Å². The van der Waals surface area contributed by atoms with Crippen molar-refractivity contribution in [2.24, 2.45) is 5.92 Å². The van der Waals surface area contributed by atoms with Crippen molar-refractivity contribution in [3.8, 4) is 11.3 Å². The van der Waals surface area contributed by atoms with E-state index >= 15 is 0 Å². The lowest BCUT2D eigenvalue weighted by Crippen LogP contribution is -2.36. The molecule has 0 spiro atoms. The minimum Gasteiger partial charge on any atom is -0.312 e. The fourth-order valence-corrected chi connectivity index (χ4v) is 4.57. The van der Waals surface area contributed by atoms with E-state index in [1.807, 2.05) is 28.5 Å². The second kappa shape index (κ2) is 7.85. The van der Waals surface area contributed by atoms with Crippen LogP contribution in [0, 0.1) is 17.6 Å². The molecule has 1 N–H and O–H groups in total. The van der Waals surface area contributed by atoms with Crippen LogP contribution in [0.15, 0.2) is 41.8 Å². The zero-order valence-electron chi connectivity index (χ0n) is 16.5. The molecule has 2 aromatic carbocycles. The summed E-state index contributed by atoms with van der Waals surface area (Å²) in [5.41, 5.74) is 3.57. The normalized spacial score (nSPS) is 15.5. The zero-order chi connectivity index (χ0) is 21.5. The number of thiazole rings is 1. The van der Waals surface area contributed by atoms with Crippen molar-refractivity contribution in [3.63, 3.8) is 0 Å². The monoisotopic (exact) mass is 439 g/mol. The van der Waals surface area contributed by atoms with Crippen molar-refractivity contribution in [2.75, 3.05) is 16.8 Å². The smallest absolute Gasteiger partial charge is 0.257 e. The second-order valence-electron chi connectivity index (χ2n) is 7.86. The number of benzene rings is 2. The summed E-state index contributed by atoms with van der Waals surface area (Å²) < 4.78 is 26.7. The molecule has 1 saturated carbocycles. The summed E-state index contributed by atoms with van der Waals surface area (Å²) in [6, 6.07) is 8.62. The highest BCUT2D eigenvalue weighted by atomic mass is 32.1. The number of nitrogens with zero attached hydrogens (tertiary/aromatic N) is 2. The molecule has 2 aliphatic rings. The molecule has 158 valence electrons. The largest absolute Gasteiger partial charge is 0.312 e. The first kappa shape index (κ1) is 19.8. The molecule has 2 amide bonds. The maximum absolute atomic E-state index is 13.4. The van der Waals surface area contributed by atoms with Gasteiger partial charge in [0, 0.05) is 40.7 Å². The Labute approximate surface area is 181 Å². The molecule has 0 radical (unpaired) electrons. The van der Waals surface area contributed by atoms with Gasteiger partial charge in [0.25, 0.3) is 5.91 Å². The Kier molecular flexibility index (Phi) is 5.02. The summed E-state index contributed by atoms with van der Waals surface area (Å²) in [5, 5.41) is 4.75. The standard InChI is InChI=1S/C23H19F2N3O2S/c24-17-9-16(10-18(25)11-17)21(29)27-23-26-19(12-31-23)14-5-6-20-15(8-14)2-1-7-28(20)22(30)13-3-4-13/h5-6,8-13H,1-4,7H2,(H,26,27,29). The third kappa shape index (κ3) is 4.07. The van der Waals surface area contributed by atoms with Crippen molar-refractivity contribution in [1.29, 1.82) is 0 Å². The van der Waals surface area contributed by atoms with Crippen LogP contribution in [0.25, 0.3) is 11.3 Å². The first-order valence-electron chi connectivity index (χ1n) is 10.2. The van der Waals surface area contributed by atoms with Crippen LogP contribution in [0.4, 0.5) is 19.6 Å². The summed E-state index contributed by atoms with van der Waals surface area (Å²) in [4.78, 5) is 31.2. The van der Waals surface area contributed by atoms with Crippen LogP contribution in [0.2, 0.25) is 0 Å². The SMILES string of the molecule is O=C(Nc1nc(-c2ccc3c(c2)CCCN3C(=O)C2CC2)cs1)c1cc(F)cc(F)c1. The second-order valence-corrected chi connectivity index (χ2v) is 8.72. The lowest BCUT2D eigenvalue weighted by atomic mass is 9.98. The molecule has 31 heavy (non-hydrogen) atoms. The number of carbonyl (C=O) groups excluding carboxylic acids is 2. The van der Waals surface area contributed by atoms with E-state index in [-0.39, 0.29) is 17.4 Å². The molecule has 0 atom stereocenters. The van der Waals surface area contributed by atoms with Crippen molar-refractivity contribution in [3.05, 3.63) is 64.5 Å². The summed E-state index contributed by atoms with van der Waals surface area (Å²) in [6.07, 6.45) is 3.80. The fraction of sp³-hybridized carbons (Fsp3) is 0.261. The molecule has 5 nitrogen and oxygen atoms in total. The molecule has 0 unspecified atom stereocenters. The minimum absolute atomic E-state index is 0.108. The van der Waals surface area contributed by atoms with Crippen molar-refractivity contribution in [1.82, 2.24) is 4.98 Å². The lowest BCUT2D eigenvalue weighted by molar-refractivity contribution is -0.119. The molecule has 1 fully saturated rings. The van der Waals surface area contributed by atoms with Crippen molar-refractivity contribution >= 4 is 34.0 Å². The van der Waals surface area contributed by atoms with Crippen LogP contribution in [-0.2, 0) is 11.2 Å². The number of nitrogens with one attached hydrogen (secondary N) is 1. The van der Waals surface area contributed by atoms with Crippen molar-refractivity contribution in [2.45, 2.75) is 25.7 Å². The maximum atomic E-state index is 13.4. The van der Waals surface area contributed by atoms with Gasteiger partial charge in [0.15, 0.2) is 5.13 Å². The van der Waals surface area contributed by atoms with Crippen LogP contribution in [0.3, 0.4) is 0 Å². The highest BCUT2D eigenvalue weighted by Crippen LogP contribution is 2.37. The predicted octanol–water partition coefficient (Wildman–Crippen LogP) is 5.03. The third-order valence-corrected chi connectivity index (χ3v) is 6.29. The molecule has 5 rings (SSSR count). The quantitative estimate of drug-likeness (QED) is 0.620. The molecule has 1 aliphatic heterocycles. The number of fused-ring (bicyclic) bond motifs is 1. The van der Waals surface area contributed by atoms with Gasteiger partial charge in [-0.3, -0.25) is 14.9 Å². The first-order chi connectivity index (χ1) is 15.0. The van der Waals surface area contributed by atoms with E-state index in [4.69, 9.17) is 0 Å². The topological polar surface area (TPSA) is 62.3 Å². The molecule has 3 aromatic rings. The summed E-state index contributed by atoms with van der Waals surface area (Å²) in [6.45, 7) is 0.759. The Morgan fingerprint density at radius 2 is 1.87 bits per heavy atom. The van der Waals surface area contributed by atoms with E-state index in [0.29, 0.717) is 16.9 Å². The fourth-order valence-electron chi connectivity index (χ4n) is 3.85. The summed E-state index contributed by atoms with van der Waals surface area (Å²) >= 11 is 1.24. The average molecular weight is 439 g/mol. The minimum atomic E-state index is -0.812. The molecule has 8 heteroatoms. The van der Waals surface area contributed by atoms with Gasteiger partial charge >= 0.3 is 0 Å². The Bertz CT molecular complexity index is 1170. The number of hydrogen-bond donors (Lipinski definition) is 1. The molecule has 0 saturated heterocycles. The Morgan fingerprint density at radius 1 is 1.10 bits per heavy atom. The first-order valence-corrected chi connectivity index (χ1v) is 11.0. The Morgan fingerprint density at radius 3 is 2.61 bits per heavy atom. The molecule has 0 bridgehead atoms. The molecule has 2 heterocycles. The van der Waals surface area contributed by atoms with Crippen LogP contribution in [0.1, 0.15) is 35.2 Å². The molecule has 1 aromatic heterocycles. The third-order valence-electron chi connectivity index (χ3n) is 5.54. The van der Waals surface area contributed by atoms with E-state index in [0.717, 1.165) is 61.2 Å². The summed E-state index contributed by atoms with van der Waals surface area (Å²) in [7, 11) is 0. The van der Waals surface area contributed by atoms with Gasteiger partial charge in [0.05, 0.1) is 5.69 Å². The lowest BCUT2D eigenvalue weighted by Gasteiger charge is -2.30. The zero-order valence-corrected chi connectivity index (χ0v) is 17.3. The van der Waals surface area contributed by atoms with Crippen LogP contribution < -0.4 is 10.2 Å². The molecular formula is C23H19F2N3O2S. The number of anilines is 2. The van der Waals surface area contributed by atoms with Crippen LogP contribution in [-0.4, -0.2) is 23.3 Å². The highest BCUT2D eigenvalue weighted by molar-refractivity contribution is 7.14. The average Bonchev–Trinajstić information content (AvgIpc) is 3.50. The van der Waals surface area contributed by atoms with Gasteiger partial charge < -0.3 is 4.90 Å². The molecule has 1 aliphatic carbocycles. The van der Waals surface area contributed by atoms with E-state index < -0.39 is 17.5 Å². The van der Waals surface area contributed by atoms with Gasteiger partial charge in [0.1, 0.15) is 11.6 Å². The number of carbonyl (C=O) groups is 2. The number of hydrogen-bond acceptors (Lipinski definition) is 4. The van der Waals surface area contributed by atoms with Gasteiger partial charge in [-0.1, -0.05) is 6.07 Å². The Hall–Kier alpha value is -3.13. The van der Waals surface area contributed by atoms with Crippen LogP contribution in [0.5, 0.6) is 0 Å². The van der Waals surface area contributed by atoms with Gasteiger partial charge in [-0.15, -0.1) is 11.3 Å². The van der Waals surface area contributed by atoms with E-state index in [1.54, 1.807) is 0 Å². The number of aryl methyl sites for hydroxylation is 1. The number of amides is 2. The summed E-state index contributed by atoms with van der Waals surface area (Å²) in [5.74, 6) is -1.84. The van der Waals surface area contributed by atoms with Crippen LogP contribution >= 0.6 is 11.3 Å². The highest BCUT2D eigenvalue weighted by Gasteiger charge is 2.35. The number of aromatic nitrogens is 1. The number of rotatable bonds is 4. The maximum Gasteiger partial charge on any atom is 0.257 e. The van der Waals surface area contributed by atoms with Crippen molar-refractivity contribution < 1.29 is 18.4 Å².